The molecule has 2 nitrogen and oxygen atoms in total. The predicted octanol–water partition coefficient (Wildman–Crippen LogP) is 4.86. The van der Waals surface area contributed by atoms with E-state index in [0.29, 0.717) is 6.61 Å². The van der Waals surface area contributed by atoms with Crippen LogP contribution in [0.1, 0.15) is 22.1 Å². The maximum absolute atomic E-state index is 13.5. The lowest BCUT2D eigenvalue weighted by molar-refractivity contribution is 0.353. The van der Waals surface area contributed by atoms with Crippen LogP contribution < -0.4 is 9.47 Å². The van der Waals surface area contributed by atoms with Gasteiger partial charge in [-0.05, 0) is 35.4 Å². The van der Waals surface area contributed by atoms with Gasteiger partial charge in [0, 0.05) is 16.5 Å². The SMILES string of the molecule is COc1cc(C(Cl)c2cc(Br)cc3c2OCC3)ccc1F. The van der Waals surface area contributed by atoms with Gasteiger partial charge in [0.05, 0.1) is 19.1 Å². The highest BCUT2D eigenvalue weighted by Gasteiger charge is 2.23. The van der Waals surface area contributed by atoms with Crippen LogP contribution in [0.15, 0.2) is 34.8 Å². The molecule has 0 N–H and O–H groups in total. The van der Waals surface area contributed by atoms with Crippen LogP contribution in [0, 0.1) is 5.82 Å². The van der Waals surface area contributed by atoms with Crippen molar-refractivity contribution in [1.29, 1.82) is 0 Å². The first-order chi connectivity index (χ1) is 10.1. The summed E-state index contributed by atoms with van der Waals surface area (Å²) in [7, 11) is 1.44. The minimum atomic E-state index is -0.427. The van der Waals surface area contributed by atoms with E-state index < -0.39 is 11.2 Å². The van der Waals surface area contributed by atoms with E-state index in [2.05, 4.69) is 15.9 Å². The number of ether oxygens (including phenoxy) is 2. The molecule has 2 aromatic carbocycles. The van der Waals surface area contributed by atoms with E-state index >= 15 is 0 Å². The summed E-state index contributed by atoms with van der Waals surface area (Å²) in [6, 6.07) is 8.63. The average Bonchev–Trinajstić information content (AvgIpc) is 2.94. The highest BCUT2D eigenvalue weighted by Crippen LogP contribution is 2.42. The molecule has 1 unspecified atom stereocenters. The fourth-order valence-corrected chi connectivity index (χ4v) is 3.32. The van der Waals surface area contributed by atoms with Crippen molar-refractivity contribution < 1.29 is 13.9 Å². The Kier molecular flexibility index (Phi) is 4.09. The molecule has 21 heavy (non-hydrogen) atoms. The van der Waals surface area contributed by atoms with Crippen molar-refractivity contribution in [3.8, 4) is 11.5 Å². The van der Waals surface area contributed by atoms with Gasteiger partial charge in [-0.2, -0.15) is 0 Å². The minimum absolute atomic E-state index is 0.186. The number of methoxy groups -OCH3 is 1. The number of hydrogen-bond acceptors (Lipinski definition) is 2. The van der Waals surface area contributed by atoms with Gasteiger partial charge >= 0.3 is 0 Å². The van der Waals surface area contributed by atoms with Crippen LogP contribution >= 0.6 is 27.5 Å². The number of halogens is 3. The van der Waals surface area contributed by atoms with Crippen molar-refractivity contribution in [2.75, 3.05) is 13.7 Å². The molecule has 1 aliphatic rings. The van der Waals surface area contributed by atoms with E-state index in [4.69, 9.17) is 21.1 Å². The standard InChI is InChI=1S/C16H13BrClFO2/c1-20-14-7-9(2-3-13(14)19)15(18)12-8-11(17)6-10-4-5-21-16(10)12/h2-3,6-8,15H,4-5H2,1H3. The van der Waals surface area contributed by atoms with Crippen LogP contribution in [0.25, 0.3) is 0 Å². The molecule has 0 bridgehead atoms. The fraction of sp³-hybridized carbons (Fsp3) is 0.250. The van der Waals surface area contributed by atoms with Crippen LogP contribution in [-0.4, -0.2) is 13.7 Å². The summed E-state index contributed by atoms with van der Waals surface area (Å²) in [4.78, 5) is 0. The molecule has 3 rings (SSSR count). The van der Waals surface area contributed by atoms with Gasteiger partial charge in [0.1, 0.15) is 5.75 Å². The Hall–Kier alpha value is -1.26. The monoisotopic (exact) mass is 370 g/mol. The number of rotatable bonds is 3. The third kappa shape index (κ3) is 2.74. The van der Waals surface area contributed by atoms with Crippen molar-refractivity contribution in [2.24, 2.45) is 0 Å². The first-order valence-corrected chi connectivity index (χ1v) is 7.75. The van der Waals surface area contributed by atoms with Gasteiger partial charge in [-0.1, -0.05) is 22.0 Å². The van der Waals surface area contributed by atoms with E-state index in [1.54, 1.807) is 12.1 Å². The van der Waals surface area contributed by atoms with Crippen LogP contribution in [0.3, 0.4) is 0 Å². The highest BCUT2D eigenvalue weighted by molar-refractivity contribution is 9.10. The maximum Gasteiger partial charge on any atom is 0.165 e. The van der Waals surface area contributed by atoms with Gasteiger partial charge in [-0.3, -0.25) is 0 Å². The molecular weight excluding hydrogens is 359 g/mol. The second-order valence-electron chi connectivity index (χ2n) is 4.84. The number of alkyl halides is 1. The molecule has 2 aromatic rings. The van der Waals surface area contributed by atoms with Crippen LogP contribution in [0.2, 0.25) is 0 Å². The minimum Gasteiger partial charge on any atom is -0.494 e. The van der Waals surface area contributed by atoms with Gasteiger partial charge in [0.2, 0.25) is 0 Å². The van der Waals surface area contributed by atoms with Gasteiger partial charge in [0.25, 0.3) is 0 Å². The summed E-state index contributed by atoms with van der Waals surface area (Å²) in [6.07, 6.45) is 0.873. The predicted molar refractivity (Wildman–Crippen MR) is 84.0 cm³/mol. The van der Waals surface area contributed by atoms with E-state index in [9.17, 15) is 4.39 Å². The summed E-state index contributed by atoms with van der Waals surface area (Å²) in [5.74, 6) is 0.619. The molecule has 0 aromatic heterocycles. The first-order valence-electron chi connectivity index (χ1n) is 6.52. The lowest BCUT2D eigenvalue weighted by Gasteiger charge is -2.16. The third-order valence-corrected chi connectivity index (χ3v) is 4.46. The second-order valence-corrected chi connectivity index (χ2v) is 6.19. The molecular formula is C16H13BrClFO2. The molecule has 0 spiro atoms. The molecule has 1 atom stereocenters. The molecule has 5 heteroatoms. The third-order valence-electron chi connectivity index (χ3n) is 3.52. The Morgan fingerprint density at radius 1 is 1.33 bits per heavy atom. The Labute approximate surface area is 136 Å². The van der Waals surface area contributed by atoms with Crippen LogP contribution in [-0.2, 0) is 6.42 Å². The second kappa shape index (κ2) is 5.85. The van der Waals surface area contributed by atoms with Crippen molar-refractivity contribution in [2.45, 2.75) is 11.8 Å². The summed E-state index contributed by atoms with van der Waals surface area (Å²) in [5.41, 5.74) is 2.79. The van der Waals surface area contributed by atoms with Gasteiger partial charge in [0.15, 0.2) is 11.6 Å². The Morgan fingerprint density at radius 2 is 2.14 bits per heavy atom. The van der Waals surface area contributed by atoms with Crippen LogP contribution in [0.5, 0.6) is 11.5 Å². The van der Waals surface area contributed by atoms with E-state index in [-0.39, 0.29) is 5.75 Å². The normalized spacial score (nSPS) is 14.5. The molecule has 0 aliphatic carbocycles. The molecule has 110 valence electrons. The Bertz CT molecular complexity index is 690. The first kappa shape index (κ1) is 14.7. The van der Waals surface area contributed by atoms with Crippen molar-refractivity contribution >= 4 is 27.5 Å². The average molecular weight is 372 g/mol. The smallest absolute Gasteiger partial charge is 0.165 e. The molecule has 0 saturated heterocycles. The van der Waals surface area contributed by atoms with E-state index in [1.807, 2.05) is 12.1 Å². The number of hydrogen-bond donors (Lipinski definition) is 0. The summed E-state index contributed by atoms with van der Waals surface area (Å²) < 4.78 is 25.2. The van der Waals surface area contributed by atoms with Gasteiger partial charge < -0.3 is 9.47 Å². The summed E-state index contributed by atoms with van der Waals surface area (Å²) in [6.45, 7) is 0.662. The highest BCUT2D eigenvalue weighted by atomic mass is 79.9. The lowest BCUT2D eigenvalue weighted by Crippen LogP contribution is -1.99. The van der Waals surface area contributed by atoms with E-state index in [1.165, 1.54) is 13.2 Å². The quantitative estimate of drug-likeness (QED) is 0.717. The zero-order valence-electron chi connectivity index (χ0n) is 11.3. The number of fused-ring (bicyclic) bond motifs is 1. The molecule has 0 amide bonds. The molecule has 0 saturated carbocycles. The van der Waals surface area contributed by atoms with Crippen molar-refractivity contribution in [3.05, 3.63) is 57.3 Å². The Morgan fingerprint density at radius 3 is 2.90 bits per heavy atom. The Balaban J connectivity index is 2.05. The molecule has 1 aliphatic heterocycles. The molecule has 0 radical (unpaired) electrons. The fourth-order valence-electron chi connectivity index (χ4n) is 2.50. The lowest BCUT2D eigenvalue weighted by atomic mass is 10.0. The molecule has 1 heterocycles. The van der Waals surface area contributed by atoms with Crippen molar-refractivity contribution in [3.63, 3.8) is 0 Å². The summed E-state index contributed by atoms with van der Waals surface area (Å²) >= 11 is 10.1. The van der Waals surface area contributed by atoms with E-state index in [0.717, 1.165) is 33.3 Å². The van der Waals surface area contributed by atoms with Gasteiger partial charge in [-0.15, -0.1) is 11.6 Å². The maximum atomic E-state index is 13.5. The summed E-state index contributed by atoms with van der Waals surface area (Å²) in [5, 5.41) is -0.427. The van der Waals surface area contributed by atoms with Crippen LogP contribution in [0.4, 0.5) is 4.39 Å². The largest absolute Gasteiger partial charge is 0.494 e. The van der Waals surface area contributed by atoms with Gasteiger partial charge in [-0.25, -0.2) is 4.39 Å². The zero-order valence-corrected chi connectivity index (χ0v) is 13.7. The zero-order chi connectivity index (χ0) is 15.0. The topological polar surface area (TPSA) is 18.5 Å². The molecule has 0 fully saturated rings. The number of benzene rings is 2. The van der Waals surface area contributed by atoms with Crippen molar-refractivity contribution in [1.82, 2.24) is 0 Å².